The van der Waals surface area contributed by atoms with Crippen LogP contribution in [0.3, 0.4) is 0 Å². The van der Waals surface area contributed by atoms with E-state index in [9.17, 15) is 0 Å². The predicted molar refractivity (Wildman–Crippen MR) is 76.8 cm³/mol. The Morgan fingerprint density at radius 1 is 1.37 bits per heavy atom. The largest absolute Gasteiger partial charge is 0.377 e. The third kappa shape index (κ3) is 2.20. The van der Waals surface area contributed by atoms with Crippen LogP contribution < -0.4 is 11.3 Å². The van der Waals surface area contributed by atoms with E-state index in [1.165, 1.54) is 30.4 Å². The Balaban J connectivity index is 1.71. The molecule has 2 unspecified atom stereocenters. The van der Waals surface area contributed by atoms with E-state index in [2.05, 4.69) is 29.7 Å². The topological polar surface area (TPSA) is 47.3 Å². The Bertz CT molecular complexity index is 440. The molecule has 2 aliphatic rings. The van der Waals surface area contributed by atoms with Crippen LogP contribution in [0.15, 0.2) is 24.3 Å². The summed E-state index contributed by atoms with van der Waals surface area (Å²) in [4.78, 5) is 0. The fourth-order valence-electron chi connectivity index (χ4n) is 3.96. The maximum atomic E-state index is 5.87. The molecule has 3 nitrogen and oxygen atoms in total. The average Bonchev–Trinajstić information content (AvgIpc) is 2.90. The lowest BCUT2D eigenvalue weighted by molar-refractivity contribution is -0.0400. The van der Waals surface area contributed by atoms with Gasteiger partial charge in [0.15, 0.2) is 0 Å². The summed E-state index contributed by atoms with van der Waals surface area (Å²) in [6, 6.07) is 9.01. The molecule has 3 heteroatoms. The molecule has 0 aliphatic heterocycles. The number of fused-ring (bicyclic) bond motifs is 1. The molecule has 0 aromatic heterocycles. The number of methoxy groups -OCH3 is 1. The highest BCUT2D eigenvalue weighted by Gasteiger charge is 2.43. The van der Waals surface area contributed by atoms with Gasteiger partial charge in [0.2, 0.25) is 0 Å². The first-order chi connectivity index (χ1) is 9.29. The molecule has 3 N–H and O–H groups in total. The van der Waals surface area contributed by atoms with E-state index in [4.69, 9.17) is 10.6 Å². The smallest absolute Gasteiger partial charge is 0.0844 e. The van der Waals surface area contributed by atoms with Gasteiger partial charge in [0.25, 0.3) is 0 Å². The number of benzene rings is 1. The highest BCUT2D eigenvalue weighted by Crippen LogP contribution is 2.43. The normalized spacial score (nSPS) is 25.7. The van der Waals surface area contributed by atoms with Gasteiger partial charge in [-0.15, -0.1) is 0 Å². The minimum Gasteiger partial charge on any atom is -0.377 e. The van der Waals surface area contributed by atoms with Gasteiger partial charge in [-0.1, -0.05) is 37.1 Å². The molecule has 3 rings (SSSR count). The molecule has 19 heavy (non-hydrogen) atoms. The highest BCUT2D eigenvalue weighted by atomic mass is 16.5. The van der Waals surface area contributed by atoms with Gasteiger partial charge in [-0.3, -0.25) is 11.3 Å². The molecule has 1 saturated carbocycles. The number of hydrazine groups is 1. The summed E-state index contributed by atoms with van der Waals surface area (Å²) < 4.78 is 5.87. The molecule has 1 aromatic rings. The lowest BCUT2D eigenvalue weighted by Gasteiger charge is -2.40. The third-order valence-electron chi connectivity index (χ3n) is 5.17. The van der Waals surface area contributed by atoms with Crippen molar-refractivity contribution in [3.05, 3.63) is 35.4 Å². The van der Waals surface area contributed by atoms with Crippen molar-refractivity contribution in [2.24, 2.45) is 5.84 Å². The van der Waals surface area contributed by atoms with Gasteiger partial charge in [0, 0.05) is 7.11 Å². The van der Waals surface area contributed by atoms with Gasteiger partial charge in [-0.25, -0.2) is 0 Å². The monoisotopic (exact) mass is 260 g/mol. The standard InChI is InChI=1S/C16H24N2O/c1-19-16(8-4-5-9-16)15(18-17)11-13-10-12-6-2-3-7-14(12)13/h2-3,6-7,13,15,18H,4-5,8-11,17H2,1H3. The Morgan fingerprint density at radius 2 is 2.11 bits per heavy atom. The molecule has 0 saturated heterocycles. The van der Waals surface area contributed by atoms with Gasteiger partial charge in [0.05, 0.1) is 11.6 Å². The quantitative estimate of drug-likeness (QED) is 0.631. The summed E-state index contributed by atoms with van der Waals surface area (Å²) in [5, 5.41) is 0. The van der Waals surface area contributed by atoms with Crippen molar-refractivity contribution in [2.75, 3.05) is 7.11 Å². The van der Waals surface area contributed by atoms with E-state index >= 15 is 0 Å². The van der Waals surface area contributed by atoms with E-state index in [1.54, 1.807) is 0 Å². The zero-order valence-electron chi connectivity index (χ0n) is 11.7. The van der Waals surface area contributed by atoms with Gasteiger partial charge < -0.3 is 4.74 Å². The minimum atomic E-state index is -0.0424. The first-order valence-corrected chi connectivity index (χ1v) is 7.38. The maximum absolute atomic E-state index is 5.87. The molecule has 2 atom stereocenters. The van der Waals surface area contributed by atoms with Gasteiger partial charge in [0.1, 0.15) is 0 Å². The van der Waals surface area contributed by atoms with Crippen LogP contribution >= 0.6 is 0 Å². The lowest BCUT2D eigenvalue weighted by Crippen LogP contribution is -2.54. The summed E-state index contributed by atoms with van der Waals surface area (Å²) in [5.41, 5.74) is 6.01. The summed E-state index contributed by atoms with van der Waals surface area (Å²) >= 11 is 0. The average molecular weight is 260 g/mol. The highest BCUT2D eigenvalue weighted by molar-refractivity contribution is 5.40. The first-order valence-electron chi connectivity index (χ1n) is 7.38. The zero-order chi connectivity index (χ0) is 13.3. The van der Waals surface area contributed by atoms with E-state index in [0.29, 0.717) is 5.92 Å². The molecule has 2 aliphatic carbocycles. The van der Waals surface area contributed by atoms with Crippen molar-refractivity contribution in [3.63, 3.8) is 0 Å². The number of nitrogens with two attached hydrogens (primary N) is 1. The number of nitrogens with one attached hydrogen (secondary N) is 1. The van der Waals surface area contributed by atoms with Crippen molar-refractivity contribution < 1.29 is 4.74 Å². The van der Waals surface area contributed by atoms with Crippen LogP contribution in [0.25, 0.3) is 0 Å². The molecule has 104 valence electrons. The summed E-state index contributed by atoms with van der Waals surface area (Å²) in [6.45, 7) is 0. The third-order valence-corrected chi connectivity index (χ3v) is 5.17. The van der Waals surface area contributed by atoms with Crippen molar-refractivity contribution in [3.8, 4) is 0 Å². The first kappa shape index (κ1) is 13.1. The van der Waals surface area contributed by atoms with E-state index in [1.807, 2.05) is 7.11 Å². The Labute approximate surface area is 115 Å². The van der Waals surface area contributed by atoms with Gasteiger partial charge in [-0.05, 0) is 42.7 Å². The van der Waals surface area contributed by atoms with Crippen LogP contribution in [0.4, 0.5) is 0 Å². The van der Waals surface area contributed by atoms with Crippen LogP contribution in [0.5, 0.6) is 0 Å². The van der Waals surface area contributed by atoms with Gasteiger partial charge in [-0.2, -0.15) is 0 Å². The summed E-state index contributed by atoms with van der Waals surface area (Å²) in [7, 11) is 1.84. The summed E-state index contributed by atoms with van der Waals surface area (Å²) in [6.07, 6.45) is 7.05. The Kier molecular flexibility index (Phi) is 3.61. The van der Waals surface area contributed by atoms with Crippen LogP contribution in [-0.4, -0.2) is 18.8 Å². The van der Waals surface area contributed by atoms with Crippen LogP contribution in [0.1, 0.15) is 49.1 Å². The minimum absolute atomic E-state index is 0.0424. The molecule has 0 heterocycles. The molecule has 0 amide bonds. The number of rotatable bonds is 5. The number of hydrogen-bond acceptors (Lipinski definition) is 3. The molecule has 1 fully saturated rings. The van der Waals surface area contributed by atoms with Crippen LogP contribution in [-0.2, 0) is 11.2 Å². The molecule has 1 aromatic carbocycles. The van der Waals surface area contributed by atoms with Crippen molar-refractivity contribution >= 4 is 0 Å². The maximum Gasteiger partial charge on any atom is 0.0844 e. The Hall–Kier alpha value is -0.900. The fourth-order valence-corrected chi connectivity index (χ4v) is 3.96. The van der Waals surface area contributed by atoms with Crippen molar-refractivity contribution in [1.29, 1.82) is 0 Å². The molecule has 0 bridgehead atoms. The van der Waals surface area contributed by atoms with E-state index in [-0.39, 0.29) is 11.6 Å². The van der Waals surface area contributed by atoms with E-state index in [0.717, 1.165) is 19.3 Å². The van der Waals surface area contributed by atoms with Crippen LogP contribution in [0.2, 0.25) is 0 Å². The van der Waals surface area contributed by atoms with Crippen LogP contribution in [0, 0.1) is 0 Å². The molecule has 0 radical (unpaired) electrons. The SMILES string of the molecule is COC1(C(CC2Cc3ccccc32)NN)CCCC1. The lowest BCUT2D eigenvalue weighted by atomic mass is 9.72. The number of hydrogen-bond donors (Lipinski definition) is 2. The molecular weight excluding hydrogens is 236 g/mol. The van der Waals surface area contributed by atoms with E-state index < -0.39 is 0 Å². The number of ether oxygens (including phenoxy) is 1. The fraction of sp³-hybridized carbons (Fsp3) is 0.625. The predicted octanol–water partition coefficient (Wildman–Crippen LogP) is 2.51. The molecule has 0 spiro atoms. The van der Waals surface area contributed by atoms with Crippen molar-refractivity contribution in [1.82, 2.24) is 5.43 Å². The second kappa shape index (κ2) is 5.23. The Morgan fingerprint density at radius 3 is 2.74 bits per heavy atom. The summed E-state index contributed by atoms with van der Waals surface area (Å²) in [5.74, 6) is 6.47. The second-order valence-corrected chi connectivity index (χ2v) is 6.03. The zero-order valence-corrected chi connectivity index (χ0v) is 11.7. The second-order valence-electron chi connectivity index (χ2n) is 6.03. The van der Waals surface area contributed by atoms with Crippen molar-refractivity contribution in [2.45, 2.75) is 56.1 Å². The molecular formula is C16H24N2O. The van der Waals surface area contributed by atoms with Gasteiger partial charge >= 0.3 is 0 Å².